The van der Waals surface area contributed by atoms with Gasteiger partial charge in [-0.15, -0.1) is 0 Å². The molecule has 0 saturated heterocycles. The molecular weight excluding hydrogens is 1530 g/mol. The van der Waals surface area contributed by atoms with Gasteiger partial charge in [-0.3, -0.25) is 9.59 Å². The van der Waals surface area contributed by atoms with Crippen LogP contribution in [-0.4, -0.2) is 107 Å². The number of carboxylic acids is 1. The Balaban J connectivity index is 0.000000176. The van der Waals surface area contributed by atoms with Crippen LogP contribution in [0.1, 0.15) is 139 Å². The predicted octanol–water partition coefficient (Wildman–Crippen LogP) is 19.6. The van der Waals surface area contributed by atoms with Gasteiger partial charge in [-0.2, -0.15) is 0 Å². The molecule has 2 heterocycles. The number of benzene rings is 7. The minimum absolute atomic E-state index is 0.00995. The molecule has 12 rings (SSSR count). The molecule has 7 N–H and O–H groups in total. The lowest BCUT2D eigenvalue weighted by Crippen LogP contribution is -2.37. The van der Waals surface area contributed by atoms with Crippen molar-refractivity contribution in [3.8, 4) is 68.1 Å². The molecule has 109 heavy (non-hydrogen) atoms. The van der Waals surface area contributed by atoms with E-state index >= 15 is 0 Å². The second kappa shape index (κ2) is 38.6. The van der Waals surface area contributed by atoms with Crippen molar-refractivity contribution in [1.82, 2.24) is 9.97 Å². The largest absolute Gasteiger partial charge is 0.496 e. The molecule has 3 saturated carbocycles. The summed E-state index contributed by atoms with van der Waals surface area (Å²) >= 11 is 36.2. The van der Waals surface area contributed by atoms with Crippen molar-refractivity contribution in [2.24, 2.45) is 23.5 Å². The van der Waals surface area contributed by atoms with Gasteiger partial charge in [-0.05, 0) is 233 Å². The van der Waals surface area contributed by atoms with E-state index in [-0.39, 0.29) is 100 Å². The lowest BCUT2D eigenvalue weighted by atomic mass is 9.86. The number of ketones is 2. The molecule has 9 aromatic rings. The van der Waals surface area contributed by atoms with Crippen LogP contribution < -0.4 is 34.2 Å². The summed E-state index contributed by atoms with van der Waals surface area (Å²) in [6.45, 7) is 5.22. The number of pyridine rings is 2. The van der Waals surface area contributed by atoms with Crippen molar-refractivity contribution < 1.29 is 81.5 Å². The van der Waals surface area contributed by atoms with Crippen LogP contribution in [0.3, 0.4) is 0 Å². The molecule has 0 amide bonds. The second-order valence-corrected chi connectivity index (χ2v) is 28.9. The Morgan fingerprint density at radius 1 is 0.450 bits per heavy atom. The number of carboxylic acid groups (broad SMARTS) is 1. The summed E-state index contributed by atoms with van der Waals surface area (Å²) in [7, 11) is 4.59. The number of hydrogen-bond acceptors (Lipinski definition) is 16. The molecule has 26 heteroatoms. The number of carbonyl (C=O) groups is 3. The number of aliphatic hydroxyl groups excluding tert-OH is 1. The van der Waals surface area contributed by atoms with Gasteiger partial charge in [0.1, 0.15) is 86.7 Å². The maximum absolute atomic E-state index is 13.7. The summed E-state index contributed by atoms with van der Waals surface area (Å²) in [5.74, 6) is 0.299. The highest BCUT2D eigenvalue weighted by Gasteiger charge is 2.48. The van der Waals surface area contributed by atoms with Crippen LogP contribution >= 0.6 is 69.6 Å². The van der Waals surface area contributed by atoms with Gasteiger partial charge in [-0.25, -0.2) is 27.9 Å². The van der Waals surface area contributed by atoms with Gasteiger partial charge in [0, 0.05) is 47.2 Å². The average Bonchev–Trinajstić information content (AvgIpc) is 1.69. The Morgan fingerprint density at radius 2 is 0.807 bits per heavy atom. The summed E-state index contributed by atoms with van der Waals surface area (Å²) in [6.07, 6.45) is 7.55. The number of nitrogens with two attached hydrogens (primary N) is 1. The zero-order valence-electron chi connectivity index (χ0n) is 60.5. The van der Waals surface area contributed by atoms with Gasteiger partial charge in [0.05, 0.1) is 88.2 Å². The van der Waals surface area contributed by atoms with E-state index < -0.39 is 40.2 Å². The zero-order valence-corrected chi connectivity index (χ0v) is 65.0. The summed E-state index contributed by atoms with van der Waals surface area (Å²) in [6, 6.07) is 39.5. The Kier molecular flexibility index (Phi) is 30.0. The molecular formula is C83H84Cl6F3N3O14. The quantitative estimate of drug-likeness (QED) is 0.0221. The lowest BCUT2D eigenvalue weighted by Gasteiger charge is -2.28. The number of carbonyl (C=O) groups excluding carboxylic acids is 2. The minimum atomic E-state index is -1.32. The molecule has 3 fully saturated rings. The van der Waals surface area contributed by atoms with E-state index in [4.69, 9.17) is 124 Å². The van der Waals surface area contributed by atoms with Crippen molar-refractivity contribution in [3.05, 3.63) is 233 Å². The Bertz CT molecular complexity index is 4510. The van der Waals surface area contributed by atoms with Gasteiger partial charge < -0.3 is 59.7 Å². The molecule has 0 radical (unpaired) electrons. The van der Waals surface area contributed by atoms with Gasteiger partial charge in [0.15, 0.2) is 11.6 Å². The van der Waals surface area contributed by atoms with Crippen LogP contribution in [0.5, 0.6) is 34.5 Å². The number of nitrogens with zero attached hydrogens (tertiary/aromatic N) is 2. The summed E-state index contributed by atoms with van der Waals surface area (Å²) in [5.41, 5.74) is 8.26. The predicted molar refractivity (Wildman–Crippen MR) is 417 cm³/mol. The third kappa shape index (κ3) is 21.5. The maximum atomic E-state index is 13.7. The highest BCUT2D eigenvalue weighted by atomic mass is 35.5. The van der Waals surface area contributed by atoms with Crippen molar-refractivity contribution in [2.75, 3.05) is 54.3 Å². The number of ether oxygens (including phenoxy) is 6. The molecule has 3 atom stereocenters. The number of aromatic nitrogens is 2. The monoisotopic (exact) mass is 1610 g/mol. The maximum Gasteiger partial charge on any atom is 0.335 e. The highest BCUT2D eigenvalue weighted by molar-refractivity contribution is 6.33. The summed E-state index contributed by atoms with van der Waals surface area (Å²) in [4.78, 5) is 46.0. The Labute approximate surface area is 660 Å². The van der Waals surface area contributed by atoms with Crippen molar-refractivity contribution in [3.63, 3.8) is 0 Å². The number of halogens is 9. The molecule has 17 nitrogen and oxygen atoms in total. The van der Waals surface area contributed by atoms with E-state index in [9.17, 15) is 42.9 Å². The first kappa shape index (κ1) is 84.8. The van der Waals surface area contributed by atoms with E-state index in [2.05, 4.69) is 0 Å². The zero-order chi connectivity index (χ0) is 78.9. The number of aliphatic hydroxyl groups is 4. The van der Waals surface area contributed by atoms with Crippen LogP contribution in [0, 0.1) is 35.2 Å². The fourth-order valence-corrected chi connectivity index (χ4v) is 13.6. The van der Waals surface area contributed by atoms with Crippen LogP contribution in [0.2, 0.25) is 30.1 Å². The molecule has 0 bridgehead atoms. The first-order chi connectivity index (χ1) is 52.2. The smallest absolute Gasteiger partial charge is 0.335 e. The van der Waals surface area contributed by atoms with Gasteiger partial charge in [0.25, 0.3) is 0 Å². The summed E-state index contributed by atoms with van der Waals surface area (Å²) < 4.78 is 73.4. The normalized spacial score (nSPS) is 14.6. The topological polar surface area (TPSA) is 260 Å². The molecule has 3 unspecified atom stereocenters. The van der Waals surface area contributed by atoms with E-state index in [0.717, 1.165) is 68.1 Å². The first-order valence-corrected chi connectivity index (χ1v) is 37.6. The van der Waals surface area contributed by atoms with Crippen LogP contribution in [0.15, 0.2) is 152 Å². The van der Waals surface area contributed by atoms with Crippen molar-refractivity contribution >= 4 is 87.1 Å². The highest BCUT2D eigenvalue weighted by Crippen LogP contribution is 2.52. The van der Waals surface area contributed by atoms with E-state index in [1.54, 1.807) is 98.1 Å². The Hall–Kier alpha value is -8.22. The van der Waals surface area contributed by atoms with Crippen molar-refractivity contribution in [1.29, 1.82) is 0 Å². The van der Waals surface area contributed by atoms with E-state index in [1.807, 2.05) is 26.0 Å². The fourth-order valence-electron chi connectivity index (χ4n) is 12.4. The molecule has 2 aromatic heterocycles. The number of methoxy groups -OCH3 is 3. The van der Waals surface area contributed by atoms with Gasteiger partial charge >= 0.3 is 5.97 Å². The first-order valence-electron chi connectivity index (χ1n) is 35.4. The van der Waals surface area contributed by atoms with Crippen LogP contribution in [-0.2, 0) is 16.8 Å². The standard InChI is InChI=1S/C28H28Cl2FNO4.C27H26Cl2FNO5.C18H19ClFNO2.C10H11ClO3/c1-3-14-36-24-9-5-17(15-21(24)30)23(33)12-13-28(34,19-6-7-19)26-11-10-25(35-2)27(32-26)18-4-8-22(31)20(29)16-18;1-35-24-8-9-25(31-26(24)17-2-6-21(30)19(28)15-17)27(34,18-4-5-18)11-10-22(33)16-3-7-23(20(29)14-16)36-13-12-32;1-23-17-7-5-13(18(22,10-21)12-3-4-12)9-14(17)11-2-6-16(20)15(19)8-11;1-2-5-14-9-4-3-7(10(12)13)6-8(9)11/h4-5,8-11,15-16,19,34H,3,6-7,12-14H2,1-2H3;2-3,6-9,14-15,18,32,34H,4-5,10-13H2,1H3;2,5-9,12,22H,3-4,10,21H2,1H3;3-4,6H,2,5H2,1H3,(H,12,13). The Morgan fingerprint density at radius 3 is 1.17 bits per heavy atom. The molecule has 0 spiro atoms. The molecule has 0 aliphatic heterocycles. The molecule has 3 aliphatic rings. The van der Waals surface area contributed by atoms with E-state index in [1.165, 1.54) is 62.8 Å². The molecule has 578 valence electrons. The molecule has 3 aliphatic carbocycles. The van der Waals surface area contributed by atoms with Crippen LogP contribution in [0.4, 0.5) is 13.2 Å². The number of hydrogen-bond donors (Lipinski definition) is 6. The second-order valence-electron chi connectivity index (χ2n) is 26.5. The third-order valence-corrected chi connectivity index (χ3v) is 20.6. The molecule has 7 aromatic carbocycles. The van der Waals surface area contributed by atoms with Gasteiger partial charge in [0.2, 0.25) is 0 Å². The fraction of sp³-hybridized carbons (Fsp3) is 0.337. The SMILES string of the molecule is CCCOc1ccc(C(=O)CCC(O)(c2ccc(OC)c(-c3ccc(F)c(Cl)c3)n2)C2CC2)cc1Cl.CCCOc1ccc(C(=O)O)cc1Cl.COc1ccc(C(O)(CCC(=O)c2ccc(OCCO)c(Cl)c2)C2CC2)nc1-c1ccc(F)c(Cl)c1.COc1ccc(C(O)(CN)C2CC2)cc1-c1ccc(F)c(Cl)c1. The van der Waals surface area contributed by atoms with Crippen molar-refractivity contribution in [2.45, 2.75) is 108 Å². The minimum Gasteiger partial charge on any atom is -0.496 e. The third-order valence-electron chi connectivity index (χ3n) is 18.9. The number of rotatable bonds is 31. The number of Topliss-reactive ketones (excluding diaryl/α,β-unsaturated/α-hetero) is 2. The number of aromatic carboxylic acids is 1. The van der Waals surface area contributed by atoms with Gasteiger partial charge in [-0.1, -0.05) is 95.6 Å². The van der Waals surface area contributed by atoms with Crippen LogP contribution in [0.25, 0.3) is 33.6 Å². The summed E-state index contributed by atoms with van der Waals surface area (Å²) in [5, 5.41) is 52.9. The van der Waals surface area contributed by atoms with E-state index in [0.29, 0.717) is 103 Å². The average molecular weight is 1620 g/mol. The lowest BCUT2D eigenvalue weighted by molar-refractivity contribution is -0.00122.